The fourth-order valence-corrected chi connectivity index (χ4v) is 4.37. The summed E-state index contributed by atoms with van der Waals surface area (Å²) in [5.74, 6) is -0.344. The highest BCUT2D eigenvalue weighted by atomic mass is 32.1. The Labute approximate surface area is 165 Å². The van der Waals surface area contributed by atoms with Crippen molar-refractivity contribution in [3.05, 3.63) is 77.0 Å². The topological polar surface area (TPSA) is 39.2 Å². The molecular formula is C22H17NO2S2. The number of nitrogens with zero attached hydrogens (tertiary/aromatic N) is 1. The average molecular weight is 392 g/mol. The van der Waals surface area contributed by atoms with E-state index >= 15 is 0 Å². The Hall–Kier alpha value is -2.76. The quantitative estimate of drug-likeness (QED) is 0.370. The summed E-state index contributed by atoms with van der Waals surface area (Å²) < 4.78 is 5.32. The van der Waals surface area contributed by atoms with Crippen LogP contribution in [-0.4, -0.2) is 17.6 Å². The highest BCUT2D eigenvalue weighted by Crippen LogP contribution is 2.38. The molecule has 27 heavy (non-hydrogen) atoms. The monoisotopic (exact) mass is 391 g/mol. The number of esters is 1. The van der Waals surface area contributed by atoms with Crippen LogP contribution in [0, 0.1) is 0 Å². The van der Waals surface area contributed by atoms with Gasteiger partial charge in [-0.1, -0.05) is 42.5 Å². The maximum atomic E-state index is 12.7. The summed E-state index contributed by atoms with van der Waals surface area (Å²) in [6.45, 7) is 2.14. The highest BCUT2D eigenvalue weighted by molar-refractivity contribution is 7.14. The number of rotatable bonds is 5. The standard InChI is InChI=1S/C22H17NO2S2/c1-2-25-22(24)17-14-16(15-8-4-3-5-9-15)20(18-10-6-12-26-18)23-21(17)19-11-7-13-27-19/h3-14H,2H2,1H3. The lowest BCUT2D eigenvalue weighted by molar-refractivity contribution is 0.0527. The minimum Gasteiger partial charge on any atom is -0.462 e. The van der Waals surface area contributed by atoms with E-state index in [1.807, 2.05) is 72.3 Å². The van der Waals surface area contributed by atoms with Crippen LogP contribution < -0.4 is 0 Å². The van der Waals surface area contributed by atoms with Crippen molar-refractivity contribution in [2.75, 3.05) is 6.61 Å². The molecule has 134 valence electrons. The molecule has 0 aliphatic carbocycles. The Kier molecular flexibility index (Phi) is 5.14. The SMILES string of the molecule is CCOC(=O)c1cc(-c2ccccc2)c(-c2cccs2)nc1-c1cccs1. The predicted molar refractivity (Wildman–Crippen MR) is 112 cm³/mol. The van der Waals surface area contributed by atoms with Crippen molar-refractivity contribution in [3.63, 3.8) is 0 Å². The van der Waals surface area contributed by atoms with Gasteiger partial charge in [0, 0.05) is 5.56 Å². The van der Waals surface area contributed by atoms with Gasteiger partial charge in [-0.15, -0.1) is 22.7 Å². The Morgan fingerprint density at radius 1 is 0.926 bits per heavy atom. The van der Waals surface area contributed by atoms with Gasteiger partial charge >= 0.3 is 5.97 Å². The van der Waals surface area contributed by atoms with Gasteiger partial charge in [0.1, 0.15) is 0 Å². The molecule has 1 aromatic carbocycles. The molecule has 0 atom stereocenters. The summed E-state index contributed by atoms with van der Waals surface area (Å²) in [4.78, 5) is 19.7. The summed E-state index contributed by atoms with van der Waals surface area (Å²) in [5.41, 5.74) is 4.01. The average Bonchev–Trinajstić information content (AvgIpc) is 3.42. The van der Waals surface area contributed by atoms with Gasteiger partial charge in [-0.3, -0.25) is 0 Å². The van der Waals surface area contributed by atoms with Crippen LogP contribution in [0.25, 0.3) is 32.3 Å². The Morgan fingerprint density at radius 3 is 2.19 bits per heavy atom. The first-order valence-electron chi connectivity index (χ1n) is 8.63. The van der Waals surface area contributed by atoms with Gasteiger partial charge in [0.25, 0.3) is 0 Å². The molecule has 0 spiro atoms. The Bertz CT molecular complexity index is 1040. The van der Waals surface area contributed by atoms with E-state index in [0.717, 1.165) is 26.6 Å². The Morgan fingerprint density at radius 2 is 1.59 bits per heavy atom. The molecule has 0 fully saturated rings. The van der Waals surface area contributed by atoms with Gasteiger partial charge in [-0.2, -0.15) is 0 Å². The van der Waals surface area contributed by atoms with Crippen molar-refractivity contribution < 1.29 is 9.53 Å². The first kappa shape index (κ1) is 17.6. The van der Waals surface area contributed by atoms with Gasteiger partial charge in [0.15, 0.2) is 0 Å². The van der Waals surface area contributed by atoms with Gasteiger partial charge in [0.05, 0.1) is 33.3 Å². The zero-order valence-corrected chi connectivity index (χ0v) is 16.3. The number of carbonyl (C=O) groups is 1. The molecule has 3 aromatic heterocycles. The first-order valence-corrected chi connectivity index (χ1v) is 10.4. The molecule has 0 radical (unpaired) electrons. The fraction of sp³-hybridized carbons (Fsp3) is 0.0909. The number of hydrogen-bond acceptors (Lipinski definition) is 5. The van der Waals surface area contributed by atoms with Crippen molar-refractivity contribution >= 4 is 28.6 Å². The molecule has 0 aliphatic rings. The van der Waals surface area contributed by atoms with Crippen molar-refractivity contribution in [1.82, 2.24) is 4.98 Å². The zero-order valence-electron chi connectivity index (χ0n) is 14.7. The summed E-state index contributed by atoms with van der Waals surface area (Å²) in [5, 5.41) is 4.03. The number of carbonyl (C=O) groups excluding carboxylic acids is 1. The fourth-order valence-electron chi connectivity index (χ4n) is 2.92. The maximum Gasteiger partial charge on any atom is 0.340 e. The zero-order chi connectivity index (χ0) is 18.6. The van der Waals surface area contributed by atoms with Gasteiger partial charge in [0.2, 0.25) is 0 Å². The second-order valence-corrected chi connectivity index (χ2v) is 7.72. The molecule has 4 aromatic rings. The van der Waals surface area contributed by atoms with Crippen LogP contribution >= 0.6 is 22.7 Å². The van der Waals surface area contributed by atoms with Crippen molar-refractivity contribution in [1.29, 1.82) is 0 Å². The molecule has 4 rings (SSSR count). The molecule has 0 saturated heterocycles. The molecule has 3 heterocycles. The third-order valence-corrected chi connectivity index (χ3v) is 5.86. The van der Waals surface area contributed by atoms with Gasteiger partial charge in [-0.05, 0) is 41.4 Å². The minimum absolute atomic E-state index is 0.329. The van der Waals surface area contributed by atoms with Crippen LogP contribution in [-0.2, 0) is 4.74 Å². The van der Waals surface area contributed by atoms with E-state index in [4.69, 9.17) is 9.72 Å². The van der Waals surface area contributed by atoms with E-state index < -0.39 is 0 Å². The summed E-state index contributed by atoms with van der Waals surface area (Å²) in [7, 11) is 0. The minimum atomic E-state index is -0.344. The predicted octanol–water partition coefficient (Wildman–Crippen LogP) is 6.38. The molecule has 3 nitrogen and oxygen atoms in total. The highest BCUT2D eigenvalue weighted by Gasteiger charge is 2.22. The van der Waals surface area contributed by atoms with E-state index in [1.54, 1.807) is 22.7 Å². The molecule has 5 heteroatoms. The van der Waals surface area contributed by atoms with E-state index in [-0.39, 0.29) is 5.97 Å². The van der Waals surface area contributed by atoms with Crippen LogP contribution in [0.2, 0.25) is 0 Å². The lowest BCUT2D eigenvalue weighted by Crippen LogP contribution is -2.08. The first-order chi connectivity index (χ1) is 13.3. The number of hydrogen-bond donors (Lipinski definition) is 0. The number of benzene rings is 1. The largest absolute Gasteiger partial charge is 0.462 e. The number of ether oxygens (including phenoxy) is 1. The van der Waals surface area contributed by atoms with Crippen LogP contribution in [0.1, 0.15) is 17.3 Å². The number of pyridine rings is 1. The second kappa shape index (κ2) is 7.86. The summed E-state index contributed by atoms with van der Waals surface area (Å²) >= 11 is 3.21. The van der Waals surface area contributed by atoms with Crippen molar-refractivity contribution in [2.45, 2.75) is 6.92 Å². The molecule has 0 bridgehead atoms. The van der Waals surface area contributed by atoms with Crippen LogP contribution in [0.3, 0.4) is 0 Å². The van der Waals surface area contributed by atoms with Gasteiger partial charge in [-0.25, -0.2) is 9.78 Å². The Balaban J connectivity index is 2.00. The number of thiophene rings is 2. The van der Waals surface area contributed by atoms with Crippen molar-refractivity contribution in [2.24, 2.45) is 0 Å². The molecule has 0 amide bonds. The molecule has 0 aliphatic heterocycles. The molecule has 0 saturated carbocycles. The summed E-state index contributed by atoms with van der Waals surface area (Å²) in [6.07, 6.45) is 0. The van der Waals surface area contributed by atoms with Crippen LogP contribution in [0.15, 0.2) is 71.4 Å². The lowest BCUT2D eigenvalue weighted by Gasteiger charge is -2.14. The van der Waals surface area contributed by atoms with Crippen LogP contribution in [0.4, 0.5) is 0 Å². The molecular weight excluding hydrogens is 374 g/mol. The molecule has 0 N–H and O–H groups in total. The van der Waals surface area contributed by atoms with Crippen LogP contribution in [0.5, 0.6) is 0 Å². The summed E-state index contributed by atoms with van der Waals surface area (Å²) in [6, 6.07) is 20.0. The van der Waals surface area contributed by atoms with Gasteiger partial charge < -0.3 is 4.74 Å². The van der Waals surface area contributed by atoms with E-state index in [9.17, 15) is 4.79 Å². The van der Waals surface area contributed by atoms with E-state index in [1.165, 1.54) is 0 Å². The third kappa shape index (κ3) is 3.56. The smallest absolute Gasteiger partial charge is 0.340 e. The second-order valence-electron chi connectivity index (χ2n) is 5.82. The van der Waals surface area contributed by atoms with Crippen molar-refractivity contribution in [3.8, 4) is 32.3 Å². The van der Waals surface area contributed by atoms with E-state index in [2.05, 4.69) is 6.07 Å². The molecule has 0 unspecified atom stereocenters. The van der Waals surface area contributed by atoms with E-state index in [0.29, 0.717) is 17.9 Å². The third-order valence-electron chi connectivity index (χ3n) is 4.11. The maximum absolute atomic E-state index is 12.7. The number of aromatic nitrogens is 1. The lowest BCUT2D eigenvalue weighted by atomic mass is 9.99. The normalized spacial score (nSPS) is 10.7.